The fraction of sp³-hybridized carbons (Fsp3) is 0.143. The van der Waals surface area contributed by atoms with Gasteiger partial charge in [-0.1, -0.05) is 36.4 Å². The minimum absolute atomic E-state index is 0.0117. The van der Waals surface area contributed by atoms with Crippen molar-refractivity contribution in [3.05, 3.63) is 87.4 Å². The second kappa shape index (κ2) is 8.41. The molecule has 0 aliphatic rings. The van der Waals surface area contributed by atoms with Gasteiger partial charge in [-0.15, -0.1) is 22.7 Å². The van der Waals surface area contributed by atoms with E-state index in [4.69, 9.17) is 0 Å². The molecular formula is C21H18N4OS2. The average Bonchev–Trinajstić information content (AvgIpc) is 3.38. The normalized spacial score (nSPS) is 10.8. The van der Waals surface area contributed by atoms with Gasteiger partial charge < -0.3 is 4.90 Å². The minimum Gasteiger partial charge on any atom is -0.328 e. The summed E-state index contributed by atoms with van der Waals surface area (Å²) in [5, 5.41) is 2.75. The van der Waals surface area contributed by atoms with E-state index in [9.17, 15) is 4.79 Å². The average molecular weight is 407 g/mol. The van der Waals surface area contributed by atoms with Gasteiger partial charge >= 0.3 is 0 Å². The zero-order chi connectivity index (χ0) is 19.3. The van der Waals surface area contributed by atoms with Gasteiger partial charge in [0.15, 0.2) is 0 Å². The molecule has 0 aliphatic heterocycles. The molecule has 0 fully saturated rings. The van der Waals surface area contributed by atoms with Gasteiger partial charge in [0.2, 0.25) is 0 Å². The van der Waals surface area contributed by atoms with Gasteiger partial charge in [0, 0.05) is 23.8 Å². The van der Waals surface area contributed by atoms with Gasteiger partial charge in [0.25, 0.3) is 5.91 Å². The number of rotatable bonds is 6. The molecule has 0 radical (unpaired) electrons. The van der Waals surface area contributed by atoms with E-state index < -0.39 is 0 Å². The Morgan fingerprint density at radius 3 is 2.64 bits per heavy atom. The molecule has 0 spiro atoms. The van der Waals surface area contributed by atoms with E-state index in [1.54, 1.807) is 29.9 Å². The van der Waals surface area contributed by atoms with Crippen molar-refractivity contribution in [2.24, 2.45) is 0 Å². The lowest BCUT2D eigenvalue weighted by atomic mass is 10.2. The molecule has 0 bridgehead atoms. The highest BCUT2D eigenvalue weighted by Gasteiger charge is 2.23. The number of thiazole rings is 1. The highest BCUT2D eigenvalue weighted by molar-refractivity contribution is 7.17. The van der Waals surface area contributed by atoms with Gasteiger partial charge in [-0.05, 0) is 23.9 Å². The number of aryl methyl sites for hydroxylation is 1. The summed E-state index contributed by atoms with van der Waals surface area (Å²) in [5.41, 5.74) is 2.51. The van der Waals surface area contributed by atoms with Gasteiger partial charge in [0.05, 0.1) is 18.4 Å². The van der Waals surface area contributed by atoms with E-state index in [1.165, 1.54) is 11.3 Å². The number of benzene rings is 1. The minimum atomic E-state index is -0.0117. The van der Waals surface area contributed by atoms with Crippen molar-refractivity contribution in [3.63, 3.8) is 0 Å². The van der Waals surface area contributed by atoms with Gasteiger partial charge in [-0.25, -0.2) is 4.98 Å². The second-order valence-electron chi connectivity index (χ2n) is 6.25. The van der Waals surface area contributed by atoms with E-state index in [0.29, 0.717) is 28.7 Å². The standard InChI is InChI=1S/C21H18N4OS2/c1-15-19(28-20(24-15)18-12-22-9-10-23-18)21(26)25(14-17-8-5-11-27-17)13-16-6-3-2-4-7-16/h2-12H,13-14H2,1H3. The third-order valence-corrected chi connectivity index (χ3v) is 6.23. The molecule has 4 aromatic rings. The second-order valence-corrected chi connectivity index (χ2v) is 8.28. The lowest BCUT2D eigenvalue weighted by Gasteiger charge is -2.22. The van der Waals surface area contributed by atoms with Crippen LogP contribution in [0.4, 0.5) is 0 Å². The van der Waals surface area contributed by atoms with Crippen LogP contribution in [0.15, 0.2) is 66.4 Å². The first-order valence-electron chi connectivity index (χ1n) is 8.80. The zero-order valence-corrected chi connectivity index (χ0v) is 16.9. The summed E-state index contributed by atoms with van der Waals surface area (Å²) in [7, 11) is 0. The van der Waals surface area contributed by atoms with Crippen LogP contribution in [0.25, 0.3) is 10.7 Å². The molecule has 0 saturated carbocycles. The van der Waals surface area contributed by atoms with Crippen LogP contribution >= 0.6 is 22.7 Å². The molecule has 0 atom stereocenters. The predicted molar refractivity (Wildman–Crippen MR) is 112 cm³/mol. The number of carbonyl (C=O) groups excluding carboxylic acids is 1. The van der Waals surface area contributed by atoms with Crippen LogP contribution < -0.4 is 0 Å². The van der Waals surface area contributed by atoms with E-state index in [0.717, 1.165) is 16.1 Å². The molecule has 1 aromatic carbocycles. The van der Waals surface area contributed by atoms with Crippen molar-refractivity contribution in [2.75, 3.05) is 0 Å². The van der Waals surface area contributed by atoms with E-state index in [1.807, 2.05) is 53.6 Å². The summed E-state index contributed by atoms with van der Waals surface area (Å²) < 4.78 is 0. The SMILES string of the molecule is Cc1nc(-c2cnccn2)sc1C(=O)N(Cc1ccccc1)Cc1cccs1. The van der Waals surface area contributed by atoms with Crippen LogP contribution in [0.1, 0.15) is 25.8 Å². The number of hydrogen-bond donors (Lipinski definition) is 0. The van der Waals surface area contributed by atoms with Crippen LogP contribution in [0.2, 0.25) is 0 Å². The summed E-state index contributed by atoms with van der Waals surface area (Å²) >= 11 is 3.03. The Kier molecular flexibility index (Phi) is 5.55. The highest BCUT2D eigenvalue weighted by Crippen LogP contribution is 2.28. The van der Waals surface area contributed by atoms with E-state index >= 15 is 0 Å². The van der Waals surface area contributed by atoms with Crippen molar-refractivity contribution in [1.29, 1.82) is 0 Å². The number of amides is 1. The first kappa shape index (κ1) is 18.5. The fourth-order valence-corrected chi connectivity index (χ4v) is 4.57. The first-order chi connectivity index (χ1) is 13.7. The fourth-order valence-electron chi connectivity index (χ4n) is 2.85. The largest absolute Gasteiger partial charge is 0.328 e. The lowest BCUT2D eigenvalue weighted by Crippen LogP contribution is -2.29. The number of thiophene rings is 1. The molecule has 0 aliphatic carbocycles. The number of carbonyl (C=O) groups is 1. The third-order valence-electron chi connectivity index (χ3n) is 4.20. The molecule has 0 unspecified atom stereocenters. The third kappa shape index (κ3) is 4.16. The predicted octanol–water partition coefficient (Wildman–Crippen LogP) is 4.81. The molecule has 140 valence electrons. The quantitative estimate of drug-likeness (QED) is 0.461. The smallest absolute Gasteiger partial charge is 0.266 e. The van der Waals surface area contributed by atoms with Crippen molar-refractivity contribution >= 4 is 28.6 Å². The van der Waals surface area contributed by atoms with Crippen LogP contribution in [0.5, 0.6) is 0 Å². The summed E-state index contributed by atoms with van der Waals surface area (Å²) in [5.74, 6) is -0.0117. The molecule has 0 N–H and O–H groups in total. The van der Waals surface area contributed by atoms with Gasteiger partial charge in [-0.3, -0.25) is 14.8 Å². The van der Waals surface area contributed by atoms with Crippen molar-refractivity contribution in [1.82, 2.24) is 19.9 Å². The summed E-state index contributed by atoms with van der Waals surface area (Å²) in [6.45, 7) is 2.99. The number of nitrogens with zero attached hydrogens (tertiary/aromatic N) is 4. The monoisotopic (exact) mass is 406 g/mol. The van der Waals surface area contributed by atoms with Crippen LogP contribution in [-0.4, -0.2) is 25.8 Å². The zero-order valence-electron chi connectivity index (χ0n) is 15.3. The van der Waals surface area contributed by atoms with Crippen molar-refractivity contribution in [3.8, 4) is 10.7 Å². The summed E-state index contributed by atoms with van der Waals surface area (Å²) in [4.78, 5) is 30.0. The Labute approximate surface area is 171 Å². The highest BCUT2D eigenvalue weighted by atomic mass is 32.1. The van der Waals surface area contributed by atoms with Crippen LogP contribution in [0.3, 0.4) is 0 Å². The molecular weight excluding hydrogens is 388 g/mol. The Morgan fingerprint density at radius 1 is 1.07 bits per heavy atom. The molecule has 3 heterocycles. The van der Waals surface area contributed by atoms with Crippen LogP contribution in [-0.2, 0) is 13.1 Å². The molecule has 28 heavy (non-hydrogen) atoms. The van der Waals surface area contributed by atoms with E-state index in [-0.39, 0.29) is 5.91 Å². The van der Waals surface area contributed by atoms with Gasteiger partial charge in [-0.2, -0.15) is 0 Å². The van der Waals surface area contributed by atoms with Gasteiger partial charge in [0.1, 0.15) is 15.6 Å². The Bertz CT molecular complexity index is 1050. The Morgan fingerprint density at radius 2 is 1.93 bits per heavy atom. The molecule has 5 nitrogen and oxygen atoms in total. The maximum Gasteiger partial charge on any atom is 0.266 e. The summed E-state index contributed by atoms with van der Waals surface area (Å²) in [6, 6.07) is 14.1. The topological polar surface area (TPSA) is 59.0 Å². The first-order valence-corrected chi connectivity index (χ1v) is 10.5. The summed E-state index contributed by atoms with van der Waals surface area (Å²) in [6.07, 6.45) is 4.92. The molecule has 1 amide bonds. The maximum absolute atomic E-state index is 13.4. The van der Waals surface area contributed by atoms with E-state index in [2.05, 4.69) is 21.0 Å². The Balaban J connectivity index is 1.64. The molecule has 7 heteroatoms. The van der Waals surface area contributed by atoms with Crippen molar-refractivity contribution in [2.45, 2.75) is 20.0 Å². The number of hydrogen-bond acceptors (Lipinski definition) is 6. The van der Waals surface area contributed by atoms with Crippen LogP contribution in [0, 0.1) is 6.92 Å². The number of aromatic nitrogens is 3. The molecule has 0 saturated heterocycles. The van der Waals surface area contributed by atoms with Crippen molar-refractivity contribution < 1.29 is 4.79 Å². The lowest BCUT2D eigenvalue weighted by molar-refractivity contribution is 0.0736. The molecule has 3 aromatic heterocycles. The maximum atomic E-state index is 13.4. The molecule has 4 rings (SSSR count). The Hall–Kier alpha value is -2.90.